The maximum atomic E-state index is 12.2. The molecule has 0 atom stereocenters. The molecule has 0 fully saturated rings. The van der Waals surface area contributed by atoms with Crippen molar-refractivity contribution in [3.05, 3.63) is 41.3 Å². The van der Waals surface area contributed by atoms with Crippen LogP contribution in [0.2, 0.25) is 0 Å². The standard InChI is InChI=1S/C16H14F3NO4S/c1-20(9-8-14(21)22)15(23)13-7-6-12(25-13)10-2-4-11(5-3-10)24-16(17,18)19/h2-7H,8-9H2,1H3,(H,21,22). The van der Waals surface area contributed by atoms with E-state index < -0.39 is 12.3 Å². The van der Waals surface area contributed by atoms with E-state index in [4.69, 9.17) is 5.11 Å². The second-order valence-electron chi connectivity index (χ2n) is 5.11. The summed E-state index contributed by atoms with van der Waals surface area (Å²) in [6, 6.07) is 8.61. The molecule has 0 unspecified atom stereocenters. The van der Waals surface area contributed by atoms with Crippen molar-refractivity contribution in [2.24, 2.45) is 0 Å². The summed E-state index contributed by atoms with van der Waals surface area (Å²) in [5.74, 6) is -1.63. The summed E-state index contributed by atoms with van der Waals surface area (Å²) in [5.41, 5.74) is 0.645. The van der Waals surface area contributed by atoms with Crippen LogP contribution < -0.4 is 4.74 Å². The number of thiophene rings is 1. The van der Waals surface area contributed by atoms with Crippen LogP contribution >= 0.6 is 11.3 Å². The molecule has 9 heteroatoms. The fraction of sp³-hybridized carbons (Fsp3) is 0.250. The number of amides is 1. The Morgan fingerprint density at radius 3 is 2.36 bits per heavy atom. The number of ether oxygens (including phenoxy) is 1. The zero-order valence-corrected chi connectivity index (χ0v) is 13.9. The number of aliphatic carboxylic acids is 1. The molecule has 1 N–H and O–H groups in total. The SMILES string of the molecule is CN(CCC(=O)O)C(=O)c1ccc(-c2ccc(OC(F)(F)F)cc2)s1. The first-order chi connectivity index (χ1) is 11.7. The molecule has 0 spiro atoms. The average Bonchev–Trinajstić information content (AvgIpc) is 3.01. The molecule has 0 saturated heterocycles. The number of benzene rings is 1. The molecule has 1 aromatic heterocycles. The van der Waals surface area contributed by atoms with Gasteiger partial charge in [0, 0.05) is 18.5 Å². The van der Waals surface area contributed by atoms with E-state index in [9.17, 15) is 22.8 Å². The number of carbonyl (C=O) groups excluding carboxylic acids is 1. The summed E-state index contributed by atoms with van der Waals surface area (Å²) in [5, 5.41) is 8.64. The van der Waals surface area contributed by atoms with Gasteiger partial charge in [0.05, 0.1) is 11.3 Å². The van der Waals surface area contributed by atoms with Gasteiger partial charge in [-0.05, 0) is 42.0 Å². The monoisotopic (exact) mass is 373 g/mol. The quantitative estimate of drug-likeness (QED) is 0.835. The number of nitrogens with zero attached hydrogens (tertiary/aromatic N) is 1. The van der Waals surface area contributed by atoms with E-state index in [-0.39, 0.29) is 24.6 Å². The van der Waals surface area contributed by atoms with Crippen LogP contribution in [0.1, 0.15) is 16.1 Å². The number of halogens is 3. The predicted molar refractivity (Wildman–Crippen MR) is 85.7 cm³/mol. The molecule has 0 saturated carbocycles. The summed E-state index contributed by atoms with van der Waals surface area (Å²) < 4.78 is 40.2. The van der Waals surface area contributed by atoms with Gasteiger partial charge in [0.2, 0.25) is 0 Å². The van der Waals surface area contributed by atoms with Gasteiger partial charge in [-0.3, -0.25) is 9.59 Å². The first kappa shape index (κ1) is 18.8. The summed E-state index contributed by atoms with van der Waals surface area (Å²) in [6.45, 7) is 0.0882. The molecule has 0 aliphatic heterocycles. The van der Waals surface area contributed by atoms with Crippen LogP contribution in [-0.4, -0.2) is 41.8 Å². The van der Waals surface area contributed by atoms with E-state index in [0.717, 1.165) is 0 Å². The second-order valence-corrected chi connectivity index (χ2v) is 6.19. The van der Waals surface area contributed by atoms with E-state index in [1.807, 2.05) is 0 Å². The highest BCUT2D eigenvalue weighted by Gasteiger charge is 2.31. The lowest BCUT2D eigenvalue weighted by atomic mass is 10.2. The van der Waals surface area contributed by atoms with Crippen LogP contribution in [0.25, 0.3) is 10.4 Å². The Kier molecular flexibility index (Phi) is 5.68. The minimum atomic E-state index is -4.75. The van der Waals surface area contributed by atoms with Crippen LogP contribution in [0.15, 0.2) is 36.4 Å². The zero-order valence-electron chi connectivity index (χ0n) is 13.0. The van der Waals surface area contributed by atoms with Crippen molar-refractivity contribution in [1.29, 1.82) is 0 Å². The van der Waals surface area contributed by atoms with Crippen molar-refractivity contribution >= 4 is 23.2 Å². The molecule has 0 aliphatic rings. The minimum Gasteiger partial charge on any atom is -0.481 e. The number of rotatable bonds is 6. The Labute approximate surface area is 145 Å². The maximum absolute atomic E-state index is 12.2. The first-order valence-corrected chi connectivity index (χ1v) is 7.90. The van der Waals surface area contributed by atoms with E-state index in [1.165, 1.54) is 47.5 Å². The Balaban J connectivity index is 2.07. The van der Waals surface area contributed by atoms with Crippen molar-refractivity contribution < 1.29 is 32.6 Å². The number of alkyl halides is 3. The number of carbonyl (C=O) groups is 2. The van der Waals surface area contributed by atoms with Gasteiger partial charge in [-0.15, -0.1) is 24.5 Å². The van der Waals surface area contributed by atoms with E-state index >= 15 is 0 Å². The lowest BCUT2D eigenvalue weighted by molar-refractivity contribution is -0.274. The molecule has 5 nitrogen and oxygen atoms in total. The Morgan fingerprint density at radius 2 is 1.80 bits per heavy atom. The fourth-order valence-corrected chi connectivity index (χ4v) is 2.99. The molecule has 0 radical (unpaired) electrons. The molecule has 1 amide bonds. The minimum absolute atomic E-state index is 0.0882. The van der Waals surface area contributed by atoms with Crippen LogP contribution in [-0.2, 0) is 4.79 Å². The summed E-state index contributed by atoms with van der Waals surface area (Å²) >= 11 is 1.17. The van der Waals surface area contributed by atoms with E-state index in [2.05, 4.69) is 4.74 Å². The predicted octanol–water partition coefficient (Wildman–Crippen LogP) is 3.86. The number of carboxylic acid groups (broad SMARTS) is 1. The third kappa shape index (κ3) is 5.49. The smallest absolute Gasteiger partial charge is 0.481 e. The second kappa shape index (κ2) is 7.56. The molecule has 1 heterocycles. The summed E-state index contributed by atoms with van der Waals surface area (Å²) in [6.07, 6.45) is -4.90. The van der Waals surface area contributed by atoms with Gasteiger partial charge in [0.15, 0.2) is 0 Å². The molecule has 0 aliphatic carbocycles. The number of hydrogen-bond donors (Lipinski definition) is 1. The van der Waals surface area contributed by atoms with Gasteiger partial charge in [-0.25, -0.2) is 0 Å². The summed E-state index contributed by atoms with van der Waals surface area (Å²) in [7, 11) is 1.51. The Morgan fingerprint density at radius 1 is 1.16 bits per heavy atom. The van der Waals surface area contributed by atoms with E-state index in [1.54, 1.807) is 12.1 Å². The number of hydrogen-bond acceptors (Lipinski definition) is 4. The largest absolute Gasteiger partial charge is 0.573 e. The highest BCUT2D eigenvalue weighted by molar-refractivity contribution is 7.17. The van der Waals surface area contributed by atoms with Crippen molar-refractivity contribution in [3.8, 4) is 16.2 Å². The van der Waals surface area contributed by atoms with Crippen molar-refractivity contribution in [3.63, 3.8) is 0 Å². The number of carboxylic acids is 1. The topological polar surface area (TPSA) is 66.8 Å². The lowest BCUT2D eigenvalue weighted by Crippen LogP contribution is -2.28. The van der Waals surface area contributed by atoms with Gasteiger partial charge < -0.3 is 14.7 Å². The summed E-state index contributed by atoms with van der Waals surface area (Å²) in [4.78, 5) is 25.2. The molecule has 1 aromatic carbocycles. The van der Waals surface area contributed by atoms with Crippen molar-refractivity contribution in [2.75, 3.05) is 13.6 Å². The highest BCUT2D eigenvalue weighted by Crippen LogP contribution is 2.31. The molecule has 0 bridgehead atoms. The van der Waals surface area contributed by atoms with Crippen LogP contribution in [0.3, 0.4) is 0 Å². The highest BCUT2D eigenvalue weighted by atomic mass is 32.1. The first-order valence-electron chi connectivity index (χ1n) is 7.09. The van der Waals surface area contributed by atoms with Gasteiger partial charge >= 0.3 is 12.3 Å². The van der Waals surface area contributed by atoms with Crippen molar-refractivity contribution in [1.82, 2.24) is 4.90 Å². The van der Waals surface area contributed by atoms with Gasteiger partial charge in [0.1, 0.15) is 5.75 Å². The Bertz CT molecular complexity index is 755. The van der Waals surface area contributed by atoms with E-state index in [0.29, 0.717) is 15.3 Å². The third-order valence-electron chi connectivity index (χ3n) is 3.20. The van der Waals surface area contributed by atoms with Gasteiger partial charge in [-0.2, -0.15) is 0 Å². The normalized spacial score (nSPS) is 11.2. The van der Waals surface area contributed by atoms with Crippen LogP contribution in [0.4, 0.5) is 13.2 Å². The molecule has 25 heavy (non-hydrogen) atoms. The zero-order chi connectivity index (χ0) is 18.6. The van der Waals surface area contributed by atoms with Gasteiger partial charge in [0.25, 0.3) is 5.91 Å². The molecule has 2 rings (SSSR count). The molecule has 2 aromatic rings. The average molecular weight is 373 g/mol. The lowest BCUT2D eigenvalue weighted by Gasteiger charge is -2.14. The third-order valence-corrected chi connectivity index (χ3v) is 4.32. The van der Waals surface area contributed by atoms with Crippen LogP contribution in [0, 0.1) is 0 Å². The fourth-order valence-electron chi connectivity index (χ4n) is 1.98. The molecule has 134 valence electrons. The molecular weight excluding hydrogens is 359 g/mol. The Hall–Kier alpha value is -2.55. The maximum Gasteiger partial charge on any atom is 0.573 e. The van der Waals surface area contributed by atoms with Gasteiger partial charge in [-0.1, -0.05) is 0 Å². The van der Waals surface area contributed by atoms with Crippen molar-refractivity contribution in [2.45, 2.75) is 12.8 Å². The van der Waals surface area contributed by atoms with Crippen LogP contribution in [0.5, 0.6) is 5.75 Å². The molecular formula is C16H14F3NO4S.